The molecule has 0 radical (unpaired) electrons. The first-order valence-electron chi connectivity index (χ1n) is 5.23. The standard InChI is InChI=1S/C12H18ClNS/c1-10-9-11(13)5-6-12(10)14-7-3-4-8-15-2/h5-6,9,14H,3-4,7-8H2,1-2H3. The number of nitrogens with one attached hydrogen (secondary N) is 1. The minimum atomic E-state index is 0.806. The van der Waals surface area contributed by atoms with Crippen molar-refractivity contribution in [1.29, 1.82) is 0 Å². The zero-order valence-electron chi connectivity index (χ0n) is 9.35. The fraction of sp³-hybridized carbons (Fsp3) is 0.500. The van der Waals surface area contributed by atoms with Crippen LogP contribution in [0, 0.1) is 6.92 Å². The molecule has 0 atom stereocenters. The van der Waals surface area contributed by atoms with Crippen molar-refractivity contribution in [2.75, 3.05) is 23.9 Å². The van der Waals surface area contributed by atoms with Crippen molar-refractivity contribution in [3.05, 3.63) is 28.8 Å². The summed E-state index contributed by atoms with van der Waals surface area (Å²) in [7, 11) is 0. The van der Waals surface area contributed by atoms with E-state index in [2.05, 4.69) is 18.5 Å². The number of benzene rings is 1. The van der Waals surface area contributed by atoms with Gasteiger partial charge in [-0.1, -0.05) is 11.6 Å². The molecule has 1 rings (SSSR count). The normalized spacial score (nSPS) is 10.3. The van der Waals surface area contributed by atoms with Crippen LogP contribution >= 0.6 is 23.4 Å². The fourth-order valence-corrected chi connectivity index (χ4v) is 2.14. The van der Waals surface area contributed by atoms with Gasteiger partial charge in [0.1, 0.15) is 0 Å². The molecule has 1 aromatic carbocycles. The monoisotopic (exact) mass is 243 g/mol. The van der Waals surface area contributed by atoms with E-state index in [1.54, 1.807) is 0 Å². The van der Waals surface area contributed by atoms with Gasteiger partial charge in [-0.05, 0) is 55.5 Å². The highest BCUT2D eigenvalue weighted by molar-refractivity contribution is 7.98. The van der Waals surface area contributed by atoms with Gasteiger partial charge in [-0.15, -0.1) is 0 Å². The molecular weight excluding hydrogens is 226 g/mol. The molecule has 1 aromatic rings. The zero-order chi connectivity index (χ0) is 11.1. The summed E-state index contributed by atoms with van der Waals surface area (Å²) in [5, 5.41) is 4.24. The number of aryl methyl sites for hydroxylation is 1. The Labute approximate surface area is 102 Å². The molecule has 15 heavy (non-hydrogen) atoms. The Hall–Kier alpha value is -0.340. The van der Waals surface area contributed by atoms with E-state index in [9.17, 15) is 0 Å². The Morgan fingerprint density at radius 1 is 1.33 bits per heavy atom. The largest absolute Gasteiger partial charge is 0.385 e. The summed E-state index contributed by atoms with van der Waals surface area (Å²) in [6.45, 7) is 3.12. The molecule has 1 nitrogen and oxygen atoms in total. The summed E-state index contributed by atoms with van der Waals surface area (Å²) in [5.74, 6) is 1.25. The smallest absolute Gasteiger partial charge is 0.0410 e. The lowest BCUT2D eigenvalue weighted by atomic mass is 10.2. The van der Waals surface area contributed by atoms with Crippen LogP contribution in [0.15, 0.2) is 18.2 Å². The molecule has 0 aliphatic heterocycles. The van der Waals surface area contributed by atoms with Crippen molar-refractivity contribution in [2.45, 2.75) is 19.8 Å². The van der Waals surface area contributed by atoms with E-state index in [0.29, 0.717) is 0 Å². The third-order valence-electron chi connectivity index (χ3n) is 2.28. The van der Waals surface area contributed by atoms with E-state index in [0.717, 1.165) is 11.6 Å². The van der Waals surface area contributed by atoms with Gasteiger partial charge in [-0.2, -0.15) is 11.8 Å². The lowest BCUT2D eigenvalue weighted by Crippen LogP contribution is -2.03. The maximum Gasteiger partial charge on any atom is 0.0410 e. The Kier molecular flexibility index (Phi) is 5.96. The topological polar surface area (TPSA) is 12.0 Å². The van der Waals surface area contributed by atoms with Crippen molar-refractivity contribution < 1.29 is 0 Å². The average Bonchev–Trinajstić information content (AvgIpc) is 2.20. The second-order valence-electron chi connectivity index (χ2n) is 3.59. The Balaban J connectivity index is 2.31. The van der Waals surface area contributed by atoms with Crippen molar-refractivity contribution in [2.24, 2.45) is 0 Å². The molecule has 0 aromatic heterocycles. The molecule has 0 saturated heterocycles. The van der Waals surface area contributed by atoms with E-state index in [1.807, 2.05) is 30.0 Å². The van der Waals surface area contributed by atoms with Gasteiger partial charge in [-0.3, -0.25) is 0 Å². The van der Waals surface area contributed by atoms with Crippen LogP contribution in [-0.2, 0) is 0 Å². The fourth-order valence-electron chi connectivity index (χ4n) is 1.42. The highest BCUT2D eigenvalue weighted by Gasteiger charge is 1.97. The van der Waals surface area contributed by atoms with Crippen LogP contribution in [0.3, 0.4) is 0 Å². The highest BCUT2D eigenvalue weighted by Crippen LogP contribution is 2.19. The lowest BCUT2D eigenvalue weighted by Gasteiger charge is -2.09. The van der Waals surface area contributed by atoms with Gasteiger partial charge in [0.05, 0.1) is 0 Å². The second-order valence-corrected chi connectivity index (χ2v) is 5.01. The van der Waals surface area contributed by atoms with Crippen LogP contribution in [0.2, 0.25) is 5.02 Å². The van der Waals surface area contributed by atoms with Crippen LogP contribution in [-0.4, -0.2) is 18.6 Å². The van der Waals surface area contributed by atoms with Crippen LogP contribution in [0.5, 0.6) is 0 Å². The predicted molar refractivity (Wildman–Crippen MR) is 72.3 cm³/mol. The number of hydrogen-bond donors (Lipinski definition) is 1. The number of rotatable bonds is 6. The first kappa shape index (κ1) is 12.7. The van der Waals surface area contributed by atoms with E-state index < -0.39 is 0 Å². The molecule has 0 spiro atoms. The summed E-state index contributed by atoms with van der Waals surface area (Å²) in [6.07, 6.45) is 4.65. The van der Waals surface area contributed by atoms with E-state index in [1.165, 1.54) is 29.8 Å². The summed E-state index contributed by atoms with van der Waals surface area (Å²) in [6, 6.07) is 5.97. The molecule has 0 saturated carbocycles. The summed E-state index contributed by atoms with van der Waals surface area (Å²) < 4.78 is 0. The minimum Gasteiger partial charge on any atom is -0.385 e. The van der Waals surface area contributed by atoms with Crippen LogP contribution < -0.4 is 5.32 Å². The van der Waals surface area contributed by atoms with Gasteiger partial charge in [0.15, 0.2) is 0 Å². The molecular formula is C12H18ClNS. The molecule has 0 amide bonds. The molecule has 0 aliphatic rings. The maximum atomic E-state index is 5.89. The lowest BCUT2D eigenvalue weighted by molar-refractivity contribution is 0.842. The Morgan fingerprint density at radius 3 is 2.80 bits per heavy atom. The molecule has 84 valence electrons. The summed E-state index contributed by atoms with van der Waals surface area (Å²) >= 11 is 7.80. The number of thioether (sulfide) groups is 1. The Morgan fingerprint density at radius 2 is 2.13 bits per heavy atom. The molecule has 3 heteroatoms. The molecule has 0 unspecified atom stereocenters. The zero-order valence-corrected chi connectivity index (χ0v) is 10.9. The quantitative estimate of drug-likeness (QED) is 0.752. The van der Waals surface area contributed by atoms with E-state index in [-0.39, 0.29) is 0 Å². The van der Waals surface area contributed by atoms with Gasteiger partial charge in [0.25, 0.3) is 0 Å². The average molecular weight is 244 g/mol. The third kappa shape index (κ3) is 4.80. The van der Waals surface area contributed by atoms with Gasteiger partial charge in [-0.25, -0.2) is 0 Å². The van der Waals surface area contributed by atoms with Gasteiger partial charge >= 0.3 is 0 Å². The van der Waals surface area contributed by atoms with E-state index >= 15 is 0 Å². The third-order valence-corrected chi connectivity index (χ3v) is 3.21. The molecule has 1 N–H and O–H groups in total. The summed E-state index contributed by atoms with van der Waals surface area (Å²) in [4.78, 5) is 0. The molecule has 0 aliphatic carbocycles. The minimum absolute atomic E-state index is 0.806. The number of hydrogen-bond acceptors (Lipinski definition) is 2. The molecule has 0 bridgehead atoms. The van der Waals surface area contributed by atoms with Crippen molar-refractivity contribution in [3.63, 3.8) is 0 Å². The SMILES string of the molecule is CSCCCCNc1ccc(Cl)cc1C. The van der Waals surface area contributed by atoms with Crippen LogP contribution in [0.25, 0.3) is 0 Å². The first-order chi connectivity index (χ1) is 7.24. The molecule has 0 fully saturated rings. The van der Waals surface area contributed by atoms with Gasteiger partial charge in [0, 0.05) is 17.3 Å². The molecule has 0 heterocycles. The van der Waals surface area contributed by atoms with Crippen LogP contribution in [0.4, 0.5) is 5.69 Å². The summed E-state index contributed by atoms with van der Waals surface area (Å²) in [5.41, 5.74) is 2.41. The van der Waals surface area contributed by atoms with Crippen LogP contribution in [0.1, 0.15) is 18.4 Å². The number of unbranched alkanes of at least 4 members (excludes halogenated alkanes) is 1. The van der Waals surface area contributed by atoms with Crippen molar-refractivity contribution >= 4 is 29.1 Å². The predicted octanol–water partition coefficient (Wildman–Crippen LogP) is 4.20. The van der Waals surface area contributed by atoms with Gasteiger partial charge in [0.2, 0.25) is 0 Å². The Bertz CT molecular complexity index is 302. The highest BCUT2D eigenvalue weighted by atomic mass is 35.5. The van der Waals surface area contributed by atoms with Gasteiger partial charge < -0.3 is 5.32 Å². The van der Waals surface area contributed by atoms with Crippen molar-refractivity contribution in [3.8, 4) is 0 Å². The van der Waals surface area contributed by atoms with E-state index in [4.69, 9.17) is 11.6 Å². The number of halogens is 1. The van der Waals surface area contributed by atoms with Crippen molar-refractivity contribution in [1.82, 2.24) is 0 Å². The maximum absolute atomic E-state index is 5.89. The first-order valence-corrected chi connectivity index (χ1v) is 7.00. The number of anilines is 1. The second kappa shape index (κ2) is 7.02.